The van der Waals surface area contributed by atoms with E-state index in [9.17, 15) is 0 Å². The van der Waals surface area contributed by atoms with Crippen LogP contribution < -0.4 is 5.32 Å². The van der Waals surface area contributed by atoms with Gasteiger partial charge in [0.1, 0.15) is 0 Å². The average Bonchev–Trinajstić information content (AvgIpc) is 3.88. The highest BCUT2D eigenvalue weighted by atomic mass is 15.0. The molecule has 0 atom stereocenters. The lowest BCUT2D eigenvalue weighted by atomic mass is 9.96. The van der Waals surface area contributed by atoms with Gasteiger partial charge in [-0.3, -0.25) is 0 Å². The normalized spacial score (nSPS) is 11.5. The van der Waals surface area contributed by atoms with E-state index in [1.807, 2.05) is 0 Å². The molecule has 3 nitrogen and oxygen atoms in total. The minimum absolute atomic E-state index is 1.03. The Labute approximate surface area is 366 Å². The fraction of sp³-hybridized carbons (Fsp3) is 0. The number of para-hydroxylation sites is 3. The number of aromatic nitrogens is 2. The van der Waals surface area contributed by atoms with E-state index in [2.05, 4.69) is 257 Å². The molecule has 2 aromatic heterocycles. The molecule has 0 aliphatic rings. The molecule has 0 saturated heterocycles. The monoisotopic (exact) mass is 803 g/mol. The Bertz CT molecular complexity index is 3580. The number of nitrogens with one attached hydrogen (secondary N) is 1. The molecular formula is C60H41N3. The van der Waals surface area contributed by atoms with E-state index in [4.69, 9.17) is 0 Å². The summed E-state index contributed by atoms with van der Waals surface area (Å²) in [5, 5.41) is 8.71. The Kier molecular flexibility index (Phi) is 8.83. The van der Waals surface area contributed by atoms with E-state index in [0.717, 1.165) is 44.9 Å². The number of rotatable bonds is 8. The summed E-state index contributed by atoms with van der Waals surface area (Å²) in [5.74, 6) is 0. The van der Waals surface area contributed by atoms with Crippen LogP contribution in [0.5, 0.6) is 0 Å². The maximum atomic E-state index is 3.85. The van der Waals surface area contributed by atoms with Gasteiger partial charge in [0.2, 0.25) is 0 Å². The van der Waals surface area contributed by atoms with Crippen LogP contribution in [0.1, 0.15) is 0 Å². The van der Waals surface area contributed by atoms with Crippen molar-refractivity contribution in [1.82, 2.24) is 9.13 Å². The first-order valence-corrected chi connectivity index (χ1v) is 21.6. The summed E-state index contributed by atoms with van der Waals surface area (Å²) in [4.78, 5) is 0. The summed E-state index contributed by atoms with van der Waals surface area (Å²) in [6.07, 6.45) is 0. The number of hydrogen-bond donors (Lipinski definition) is 1. The van der Waals surface area contributed by atoms with Crippen molar-refractivity contribution in [2.45, 2.75) is 0 Å². The zero-order valence-corrected chi connectivity index (χ0v) is 34.5. The quantitative estimate of drug-likeness (QED) is 0.162. The second-order valence-corrected chi connectivity index (χ2v) is 16.2. The van der Waals surface area contributed by atoms with Crippen LogP contribution >= 0.6 is 0 Å². The minimum Gasteiger partial charge on any atom is -0.355 e. The first kappa shape index (κ1) is 36.5. The lowest BCUT2D eigenvalue weighted by Crippen LogP contribution is -1.99. The van der Waals surface area contributed by atoms with Crippen molar-refractivity contribution in [3.05, 3.63) is 243 Å². The topological polar surface area (TPSA) is 21.9 Å². The molecule has 12 rings (SSSR count). The molecule has 10 aromatic carbocycles. The third-order valence-electron chi connectivity index (χ3n) is 12.5. The van der Waals surface area contributed by atoms with Crippen molar-refractivity contribution in [3.63, 3.8) is 0 Å². The minimum atomic E-state index is 1.03. The highest BCUT2D eigenvalue weighted by Gasteiger charge is 2.25. The molecule has 1 N–H and O–H groups in total. The van der Waals surface area contributed by atoms with E-state index in [0.29, 0.717) is 0 Å². The van der Waals surface area contributed by atoms with E-state index in [1.54, 1.807) is 0 Å². The van der Waals surface area contributed by atoms with E-state index < -0.39 is 0 Å². The molecule has 0 bridgehead atoms. The standard InChI is InChI=1S/C60H41N3/c1-4-16-41(17-5-1)44-28-34-47(35-29-44)61-55-25-13-10-22-50(55)53-40-54-51-23-11-14-26-56(51)62(48-36-30-45(31-37-48)42-18-6-2-7-19-42)60(54)58-52-24-12-15-27-57(52)63(59(53)58)49-38-32-46(33-39-49)43-20-8-3-9-21-43/h1-40,61H. The fourth-order valence-corrected chi connectivity index (χ4v) is 9.57. The van der Waals surface area contributed by atoms with Crippen molar-refractivity contribution >= 4 is 55.0 Å². The van der Waals surface area contributed by atoms with Crippen LogP contribution in [0.4, 0.5) is 11.4 Å². The summed E-state index contributed by atoms with van der Waals surface area (Å²) in [6.45, 7) is 0. The summed E-state index contributed by atoms with van der Waals surface area (Å²) in [5.41, 5.74) is 18.5. The Balaban J connectivity index is 1.13. The molecule has 63 heavy (non-hydrogen) atoms. The van der Waals surface area contributed by atoms with Crippen LogP contribution in [0.2, 0.25) is 0 Å². The lowest BCUT2D eigenvalue weighted by molar-refractivity contribution is 1.17. The largest absolute Gasteiger partial charge is 0.355 e. The maximum absolute atomic E-state index is 3.85. The lowest BCUT2D eigenvalue weighted by Gasteiger charge is -2.17. The van der Waals surface area contributed by atoms with Gasteiger partial charge in [0.15, 0.2) is 0 Å². The van der Waals surface area contributed by atoms with Gasteiger partial charge in [-0.25, -0.2) is 0 Å². The number of nitrogens with zero attached hydrogens (tertiary/aromatic N) is 2. The van der Waals surface area contributed by atoms with Gasteiger partial charge in [0.05, 0.1) is 22.1 Å². The van der Waals surface area contributed by atoms with Crippen molar-refractivity contribution in [3.8, 4) is 55.9 Å². The van der Waals surface area contributed by atoms with Crippen molar-refractivity contribution < 1.29 is 0 Å². The second kappa shape index (κ2) is 15.3. The van der Waals surface area contributed by atoms with Gasteiger partial charge in [-0.05, 0) is 94.0 Å². The van der Waals surface area contributed by atoms with E-state index in [1.165, 1.54) is 66.0 Å². The van der Waals surface area contributed by atoms with Crippen LogP contribution in [-0.4, -0.2) is 9.13 Å². The Morgan fingerprint density at radius 3 is 1.25 bits per heavy atom. The van der Waals surface area contributed by atoms with E-state index in [-0.39, 0.29) is 0 Å². The summed E-state index contributed by atoms with van der Waals surface area (Å²) < 4.78 is 4.97. The predicted molar refractivity (Wildman–Crippen MR) is 267 cm³/mol. The SMILES string of the molecule is c1ccc(-c2ccc(Nc3ccccc3-c3cc4c5ccccc5n(-c5ccc(-c6ccccc6)cc5)c4c4c5ccccc5n(-c5ccc(-c6ccccc6)cc5)c34)cc2)cc1. The molecule has 296 valence electrons. The molecule has 0 aliphatic carbocycles. The zero-order chi connectivity index (χ0) is 41.7. The van der Waals surface area contributed by atoms with Crippen LogP contribution in [0.25, 0.3) is 99.5 Å². The molecule has 0 aliphatic heterocycles. The Hall–Kier alpha value is -8.40. The summed E-state index contributed by atoms with van der Waals surface area (Å²) in [6, 6.07) is 87.7. The third-order valence-corrected chi connectivity index (χ3v) is 12.5. The van der Waals surface area contributed by atoms with Crippen molar-refractivity contribution in [2.75, 3.05) is 5.32 Å². The second-order valence-electron chi connectivity index (χ2n) is 16.2. The summed E-state index contributed by atoms with van der Waals surface area (Å²) in [7, 11) is 0. The average molecular weight is 804 g/mol. The van der Waals surface area contributed by atoms with Crippen LogP contribution in [0.3, 0.4) is 0 Å². The molecule has 2 heterocycles. The Morgan fingerprint density at radius 2 is 0.698 bits per heavy atom. The summed E-state index contributed by atoms with van der Waals surface area (Å²) >= 11 is 0. The first-order valence-electron chi connectivity index (χ1n) is 21.6. The number of anilines is 2. The molecule has 3 heteroatoms. The Morgan fingerprint density at radius 1 is 0.286 bits per heavy atom. The predicted octanol–water partition coefficient (Wildman–Crippen LogP) is 16.3. The van der Waals surface area contributed by atoms with Crippen molar-refractivity contribution in [2.24, 2.45) is 0 Å². The van der Waals surface area contributed by atoms with Gasteiger partial charge in [0.25, 0.3) is 0 Å². The highest BCUT2D eigenvalue weighted by molar-refractivity contribution is 6.29. The van der Waals surface area contributed by atoms with E-state index >= 15 is 0 Å². The highest BCUT2D eigenvalue weighted by Crippen LogP contribution is 2.48. The molecule has 0 amide bonds. The molecular weight excluding hydrogens is 763 g/mol. The third kappa shape index (κ3) is 6.29. The first-order chi connectivity index (χ1) is 31.3. The smallest absolute Gasteiger partial charge is 0.0641 e. The van der Waals surface area contributed by atoms with Gasteiger partial charge in [0, 0.05) is 55.4 Å². The van der Waals surface area contributed by atoms with Gasteiger partial charge >= 0.3 is 0 Å². The molecule has 0 spiro atoms. The van der Waals surface area contributed by atoms with Crippen LogP contribution in [-0.2, 0) is 0 Å². The van der Waals surface area contributed by atoms with Crippen molar-refractivity contribution in [1.29, 1.82) is 0 Å². The molecule has 12 aromatic rings. The molecule has 0 radical (unpaired) electrons. The number of hydrogen-bond acceptors (Lipinski definition) is 1. The number of benzene rings is 10. The molecule has 0 fully saturated rings. The molecule has 0 unspecified atom stereocenters. The van der Waals surface area contributed by atoms with Gasteiger partial charge in [-0.1, -0.05) is 182 Å². The maximum Gasteiger partial charge on any atom is 0.0641 e. The van der Waals surface area contributed by atoms with Crippen LogP contribution in [0.15, 0.2) is 243 Å². The van der Waals surface area contributed by atoms with Crippen LogP contribution in [0, 0.1) is 0 Å². The van der Waals surface area contributed by atoms with Gasteiger partial charge in [-0.2, -0.15) is 0 Å². The molecule has 0 saturated carbocycles. The fourth-order valence-electron chi connectivity index (χ4n) is 9.57. The van der Waals surface area contributed by atoms with Gasteiger partial charge < -0.3 is 14.5 Å². The van der Waals surface area contributed by atoms with Gasteiger partial charge in [-0.15, -0.1) is 0 Å². The zero-order valence-electron chi connectivity index (χ0n) is 34.5. The number of fused-ring (bicyclic) bond motifs is 7.